The van der Waals surface area contributed by atoms with E-state index in [1.54, 1.807) is 3.01 Å². The maximum absolute atomic E-state index is 4.18. The van der Waals surface area contributed by atoms with E-state index in [9.17, 15) is 0 Å². The Morgan fingerprint density at radius 2 is 2.11 bits per heavy atom. The molecule has 0 aliphatic carbocycles. The van der Waals surface area contributed by atoms with Gasteiger partial charge < -0.3 is 0 Å². The molecule has 0 unspecified atom stereocenters. The van der Waals surface area contributed by atoms with Crippen LogP contribution >= 0.6 is 22.9 Å². The zero-order valence-electron chi connectivity index (χ0n) is 5.72. The third-order valence-electron chi connectivity index (χ3n) is 1.49. The Morgan fingerprint density at radius 1 is 1.56 bits per heavy atom. The van der Waals surface area contributed by atoms with Gasteiger partial charge in [0.05, 0.1) is 10.1 Å². The Balaban J connectivity index is 3.29. The first kappa shape index (κ1) is 6.98. The molecule has 0 radical (unpaired) electrons. The van der Waals surface area contributed by atoms with E-state index in [2.05, 4.69) is 34.9 Å². The van der Waals surface area contributed by atoms with Gasteiger partial charge in [0.15, 0.2) is 0 Å². The highest BCUT2D eigenvalue weighted by Crippen LogP contribution is 1.97. The standard InChI is InChI=1S/C5H9IN3/c1-4-5(2)8(3)9(6)7-4/h1-3H3/q+1. The van der Waals surface area contributed by atoms with E-state index < -0.39 is 0 Å². The second kappa shape index (κ2) is 2.24. The quantitative estimate of drug-likeness (QED) is 0.604. The Kier molecular flexibility index (Phi) is 1.74. The van der Waals surface area contributed by atoms with Crippen LogP contribution in [-0.2, 0) is 7.05 Å². The molecular formula is C5H9IN3+. The van der Waals surface area contributed by atoms with Gasteiger partial charge >= 0.3 is 22.9 Å². The lowest BCUT2D eigenvalue weighted by Gasteiger charge is -1.83. The topological polar surface area (TPSA) is 21.7 Å². The van der Waals surface area contributed by atoms with Gasteiger partial charge in [0, 0.05) is 5.10 Å². The zero-order chi connectivity index (χ0) is 7.02. The van der Waals surface area contributed by atoms with Gasteiger partial charge in [-0.1, -0.05) is 0 Å². The van der Waals surface area contributed by atoms with E-state index in [-0.39, 0.29) is 0 Å². The fourth-order valence-electron chi connectivity index (χ4n) is 0.621. The number of hydrogen-bond acceptors (Lipinski definition) is 1. The molecule has 0 aromatic carbocycles. The molecule has 0 fully saturated rings. The van der Waals surface area contributed by atoms with Gasteiger partial charge in [-0.2, -0.15) is 0 Å². The summed E-state index contributed by atoms with van der Waals surface area (Å²) in [5.74, 6) is 0. The van der Waals surface area contributed by atoms with E-state index in [1.807, 2.05) is 18.7 Å². The van der Waals surface area contributed by atoms with Crippen LogP contribution in [0.25, 0.3) is 0 Å². The molecule has 1 aromatic heterocycles. The Labute approximate surface area is 68.1 Å². The molecule has 1 aromatic rings. The van der Waals surface area contributed by atoms with Crippen LogP contribution in [0.2, 0.25) is 0 Å². The molecule has 1 rings (SSSR count). The molecule has 0 amide bonds. The van der Waals surface area contributed by atoms with Crippen LogP contribution in [0.5, 0.6) is 0 Å². The van der Waals surface area contributed by atoms with Gasteiger partial charge in [-0.25, -0.2) is 0 Å². The molecule has 4 heteroatoms. The van der Waals surface area contributed by atoms with Crippen molar-refractivity contribution in [1.82, 2.24) is 9.78 Å². The summed E-state index contributed by atoms with van der Waals surface area (Å²) in [4.78, 5) is 0. The van der Waals surface area contributed by atoms with Crippen LogP contribution in [0.3, 0.4) is 0 Å². The van der Waals surface area contributed by atoms with Crippen molar-refractivity contribution in [2.75, 3.05) is 0 Å². The first-order valence-corrected chi connectivity index (χ1v) is 3.68. The summed E-state index contributed by atoms with van der Waals surface area (Å²) in [5.41, 5.74) is 2.30. The maximum Gasteiger partial charge on any atom is 0.417 e. The van der Waals surface area contributed by atoms with Crippen molar-refractivity contribution in [2.24, 2.45) is 7.05 Å². The molecule has 50 valence electrons. The van der Waals surface area contributed by atoms with Gasteiger partial charge in [-0.3, -0.25) is 0 Å². The number of aryl methyl sites for hydroxylation is 1. The molecule has 0 saturated heterocycles. The summed E-state index contributed by atoms with van der Waals surface area (Å²) in [6, 6.07) is 0. The SMILES string of the molecule is Cc1n[n+](I)n(C)c1C. The molecule has 9 heavy (non-hydrogen) atoms. The van der Waals surface area contributed by atoms with Crippen LogP contribution in [0.1, 0.15) is 11.4 Å². The highest BCUT2D eigenvalue weighted by molar-refractivity contribution is 14.1. The van der Waals surface area contributed by atoms with Crippen molar-refractivity contribution in [1.29, 1.82) is 0 Å². The third kappa shape index (κ3) is 1.08. The predicted octanol–water partition coefficient (Wildman–Crippen LogP) is 0.523. The summed E-state index contributed by atoms with van der Waals surface area (Å²) in [7, 11) is 1.99. The van der Waals surface area contributed by atoms with Crippen LogP contribution in [-0.4, -0.2) is 9.78 Å². The van der Waals surface area contributed by atoms with Crippen molar-refractivity contribution in [3.63, 3.8) is 0 Å². The number of halogens is 1. The normalized spacial score (nSPS) is 10.2. The van der Waals surface area contributed by atoms with E-state index in [4.69, 9.17) is 0 Å². The molecule has 0 aliphatic heterocycles. The molecular weight excluding hydrogens is 229 g/mol. The minimum absolute atomic E-state index is 1.09. The average Bonchev–Trinajstić information content (AvgIpc) is 1.98. The zero-order valence-corrected chi connectivity index (χ0v) is 7.88. The molecule has 0 atom stereocenters. The highest BCUT2D eigenvalue weighted by atomic mass is 127. The highest BCUT2D eigenvalue weighted by Gasteiger charge is 2.11. The molecule has 0 bridgehead atoms. The number of nitrogens with zero attached hydrogens (tertiary/aromatic N) is 3. The summed E-state index contributed by atoms with van der Waals surface area (Å²) < 4.78 is 3.79. The van der Waals surface area contributed by atoms with Crippen LogP contribution in [0.15, 0.2) is 0 Å². The van der Waals surface area contributed by atoms with Crippen LogP contribution < -0.4 is 3.01 Å². The second-order valence-electron chi connectivity index (χ2n) is 2.04. The summed E-state index contributed by atoms with van der Waals surface area (Å²) in [6.07, 6.45) is 0. The fraction of sp³-hybridized carbons (Fsp3) is 0.600. The fourth-order valence-corrected chi connectivity index (χ4v) is 1.27. The molecule has 0 aliphatic rings. The number of hydrogen-bond donors (Lipinski definition) is 0. The lowest BCUT2D eigenvalue weighted by molar-refractivity contribution is -0.604. The summed E-state index contributed by atoms with van der Waals surface area (Å²) in [5, 5.41) is 4.18. The first-order chi connectivity index (χ1) is 4.13. The number of aromatic nitrogens is 3. The van der Waals surface area contributed by atoms with Gasteiger partial charge in [-0.05, 0) is 13.8 Å². The average molecular weight is 238 g/mol. The van der Waals surface area contributed by atoms with Gasteiger partial charge in [0.25, 0.3) is 0 Å². The van der Waals surface area contributed by atoms with E-state index in [0.29, 0.717) is 0 Å². The van der Waals surface area contributed by atoms with E-state index in [0.717, 1.165) is 5.69 Å². The minimum atomic E-state index is 1.09. The molecule has 0 spiro atoms. The maximum atomic E-state index is 4.18. The lowest BCUT2D eigenvalue weighted by atomic mass is 10.4. The van der Waals surface area contributed by atoms with Gasteiger partial charge in [0.1, 0.15) is 11.4 Å². The Bertz CT molecular complexity index is 206. The van der Waals surface area contributed by atoms with Crippen molar-refractivity contribution >= 4 is 22.9 Å². The predicted molar refractivity (Wildman–Crippen MR) is 42.3 cm³/mol. The van der Waals surface area contributed by atoms with Crippen molar-refractivity contribution in [3.8, 4) is 0 Å². The molecule has 0 saturated carbocycles. The van der Waals surface area contributed by atoms with E-state index >= 15 is 0 Å². The largest absolute Gasteiger partial charge is 0.417 e. The Morgan fingerprint density at radius 3 is 2.22 bits per heavy atom. The van der Waals surface area contributed by atoms with Crippen LogP contribution in [0.4, 0.5) is 0 Å². The molecule has 1 heterocycles. The van der Waals surface area contributed by atoms with Crippen molar-refractivity contribution in [3.05, 3.63) is 11.4 Å². The second-order valence-corrected chi connectivity index (χ2v) is 2.90. The summed E-state index contributed by atoms with van der Waals surface area (Å²) >= 11 is 2.14. The lowest BCUT2D eigenvalue weighted by Crippen LogP contribution is -2.32. The van der Waals surface area contributed by atoms with Gasteiger partial charge in [-0.15, -0.1) is 4.68 Å². The van der Waals surface area contributed by atoms with Crippen molar-refractivity contribution < 1.29 is 3.01 Å². The molecule has 3 nitrogen and oxygen atoms in total. The van der Waals surface area contributed by atoms with Gasteiger partial charge in [0.2, 0.25) is 0 Å². The van der Waals surface area contributed by atoms with E-state index in [1.165, 1.54) is 5.69 Å². The summed E-state index contributed by atoms with van der Waals surface area (Å²) in [6.45, 7) is 4.06. The monoisotopic (exact) mass is 238 g/mol. The smallest absolute Gasteiger partial charge is 0.126 e. The van der Waals surface area contributed by atoms with Crippen LogP contribution in [0, 0.1) is 13.8 Å². The minimum Gasteiger partial charge on any atom is -0.126 e. The third-order valence-corrected chi connectivity index (χ3v) is 2.35. The Hall–Kier alpha value is -0.130. The van der Waals surface area contributed by atoms with Crippen molar-refractivity contribution in [2.45, 2.75) is 13.8 Å². The number of rotatable bonds is 0. The molecule has 0 N–H and O–H groups in total. The first-order valence-electron chi connectivity index (χ1n) is 2.71.